The molecule has 0 bridgehead atoms. The van der Waals surface area contributed by atoms with Crippen molar-refractivity contribution in [2.75, 3.05) is 10.2 Å². The molecule has 1 N–H and O–H groups in total. The highest BCUT2D eigenvalue weighted by Gasteiger charge is 2.17. The number of aromatic nitrogens is 1. The lowest BCUT2D eigenvalue weighted by Gasteiger charge is -2.28. The second kappa shape index (κ2) is 9.77. The minimum Gasteiger partial charge on any atom is -0.356 e. The van der Waals surface area contributed by atoms with Gasteiger partial charge in [-0.2, -0.15) is 0 Å². The third-order valence-electron chi connectivity index (χ3n) is 6.30. The van der Waals surface area contributed by atoms with Gasteiger partial charge in [0.1, 0.15) is 0 Å². The lowest BCUT2D eigenvalue weighted by Crippen LogP contribution is -2.11. The Morgan fingerprint density at radius 3 is 2.03 bits per heavy atom. The molecular formula is C33H25N3. The van der Waals surface area contributed by atoms with Crippen LogP contribution in [0, 0.1) is 0 Å². The van der Waals surface area contributed by atoms with Crippen molar-refractivity contribution in [3.63, 3.8) is 0 Å². The molecule has 0 aliphatic carbocycles. The Kier molecular flexibility index (Phi) is 5.87. The molecule has 6 rings (SSSR count). The van der Waals surface area contributed by atoms with E-state index in [0.29, 0.717) is 0 Å². The molecule has 0 atom stereocenters. The normalized spacial score (nSPS) is 10.8. The number of hydrogen-bond acceptors (Lipinski definition) is 3. The van der Waals surface area contributed by atoms with Gasteiger partial charge < -0.3 is 10.2 Å². The van der Waals surface area contributed by atoms with Crippen molar-refractivity contribution >= 4 is 39.2 Å². The fourth-order valence-electron chi connectivity index (χ4n) is 4.55. The lowest BCUT2D eigenvalue weighted by molar-refractivity contribution is 1.28. The summed E-state index contributed by atoms with van der Waals surface area (Å²) >= 11 is 0. The third-order valence-corrected chi connectivity index (χ3v) is 6.30. The number of nitrogens with one attached hydrogen (secondary N) is 1. The van der Waals surface area contributed by atoms with Crippen molar-refractivity contribution < 1.29 is 0 Å². The van der Waals surface area contributed by atoms with Gasteiger partial charge >= 0.3 is 0 Å². The number of pyridine rings is 1. The zero-order chi connectivity index (χ0) is 24.2. The molecule has 1 heterocycles. The molecule has 0 fully saturated rings. The summed E-state index contributed by atoms with van der Waals surface area (Å²) in [6, 6.07) is 46.6. The largest absolute Gasteiger partial charge is 0.356 e. The smallest absolute Gasteiger partial charge is 0.0540 e. The van der Waals surface area contributed by atoms with Gasteiger partial charge in [0.05, 0.1) is 5.69 Å². The van der Waals surface area contributed by atoms with Crippen LogP contribution in [-0.2, 0) is 0 Å². The Morgan fingerprint density at radius 1 is 0.528 bits per heavy atom. The standard InChI is InChI=1S/C33H25N3/c1-3-9-28(10-4-1)35-29-18-15-25(16-19-29)32-13-7-8-14-33(32)36(30-11-5-2-6-12-30)31-20-17-27-24-34-22-21-26(27)23-31/h1-24,35H. The Balaban J connectivity index is 1.43. The Morgan fingerprint density at radius 2 is 1.22 bits per heavy atom. The van der Waals surface area contributed by atoms with Crippen LogP contribution in [0.15, 0.2) is 146 Å². The number of hydrogen-bond donors (Lipinski definition) is 1. The SMILES string of the molecule is c1ccc(Nc2ccc(-c3ccccc3N(c3ccccc3)c3ccc4cnccc4c3)cc2)cc1. The first kappa shape index (κ1) is 21.6. The zero-order valence-electron chi connectivity index (χ0n) is 19.8. The van der Waals surface area contributed by atoms with E-state index in [4.69, 9.17) is 0 Å². The Hall–Kier alpha value is -4.89. The van der Waals surface area contributed by atoms with Gasteiger partial charge in [0.15, 0.2) is 0 Å². The van der Waals surface area contributed by atoms with Crippen molar-refractivity contribution in [1.29, 1.82) is 0 Å². The van der Waals surface area contributed by atoms with E-state index in [-0.39, 0.29) is 0 Å². The predicted molar refractivity (Wildman–Crippen MR) is 152 cm³/mol. The van der Waals surface area contributed by atoms with Gasteiger partial charge in [-0.15, -0.1) is 0 Å². The molecule has 0 aliphatic rings. The molecule has 5 aromatic carbocycles. The van der Waals surface area contributed by atoms with Crippen molar-refractivity contribution in [2.45, 2.75) is 0 Å². The second-order valence-electron chi connectivity index (χ2n) is 8.66. The average Bonchev–Trinajstić information content (AvgIpc) is 2.95. The van der Waals surface area contributed by atoms with Crippen molar-refractivity contribution in [3.8, 4) is 11.1 Å². The van der Waals surface area contributed by atoms with Gasteiger partial charge in [-0.05, 0) is 71.6 Å². The number of rotatable bonds is 6. The van der Waals surface area contributed by atoms with Crippen LogP contribution < -0.4 is 10.2 Å². The van der Waals surface area contributed by atoms with Crippen LogP contribution in [0.25, 0.3) is 21.9 Å². The fraction of sp³-hybridized carbons (Fsp3) is 0. The van der Waals surface area contributed by atoms with E-state index in [9.17, 15) is 0 Å². The number of fused-ring (bicyclic) bond motifs is 1. The average molecular weight is 464 g/mol. The summed E-state index contributed by atoms with van der Waals surface area (Å²) in [6.45, 7) is 0. The van der Waals surface area contributed by atoms with Crippen LogP contribution >= 0.6 is 0 Å². The van der Waals surface area contributed by atoms with E-state index in [2.05, 4.69) is 130 Å². The molecule has 0 spiro atoms. The van der Waals surface area contributed by atoms with Gasteiger partial charge in [-0.3, -0.25) is 4.98 Å². The van der Waals surface area contributed by atoms with Crippen LogP contribution in [0.5, 0.6) is 0 Å². The number of para-hydroxylation sites is 3. The highest BCUT2D eigenvalue weighted by molar-refractivity contribution is 5.92. The molecule has 3 nitrogen and oxygen atoms in total. The topological polar surface area (TPSA) is 28.2 Å². The number of nitrogens with zero attached hydrogens (tertiary/aromatic N) is 2. The monoisotopic (exact) mass is 463 g/mol. The van der Waals surface area contributed by atoms with E-state index in [1.165, 1.54) is 5.56 Å². The summed E-state index contributed by atoms with van der Waals surface area (Å²) in [5.41, 5.74) is 7.81. The maximum Gasteiger partial charge on any atom is 0.0540 e. The third kappa shape index (κ3) is 4.42. The first-order chi connectivity index (χ1) is 17.8. The zero-order valence-corrected chi connectivity index (χ0v) is 19.8. The molecule has 172 valence electrons. The second-order valence-corrected chi connectivity index (χ2v) is 8.66. The highest BCUT2D eigenvalue weighted by atomic mass is 15.1. The van der Waals surface area contributed by atoms with Crippen LogP contribution in [0.2, 0.25) is 0 Å². The molecule has 0 amide bonds. The van der Waals surface area contributed by atoms with Gasteiger partial charge in [0.25, 0.3) is 0 Å². The summed E-state index contributed by atoms with van der Waals surface area (Å²) in [5, 5.41) is 5.77. The molecule has 36 heavy (non-hydrogen) atoms. The van der Waals surface area contributed by atoms with E-state index in [1.54, 1.807) is 0 Å². The maximum absolute atomic E-state index is 4.27. The number of benzene rings is 5. The van der Waals surface area contributed by atoms with Gasteiger partial charge in [0, 0.05) is 46.1 Å². The maximum atomic E-state index is 4.27. The van der Waals surface area contributed by atoms with Gasteiger partial charge in [-0.1, -0.05) is 72.8 Å². The van der Waals surface area contributed by atoms with E-state index in [1.807, 2.05) is 30.6 Å². The summed E-state index contributed by atoms with van der Waals surface area (Å²) in [4.78, 5) is 6.60. The summed E-state index contributed by atoms with van der Waals surface area (Å²) < 4.78 is 0. The van der Waals surface area contributed by atoms with Crippen LogP contribution in [0.4, 0.5) is 28.4 Å². The molecule has 0 radical (unpaired) electrons. The number of anilines is 5. The van der Waals surface area contributed by atoms with E-state index < -0.39 is 0 Å². The first-order valence-corrected chi connectivity index (χ1v) is 12.1. The van der Waals surface area contributed by atoms with E-state index >= 15 is 0 Å². The van der Waals surface area contributed by atoms with Crippen molar-refractivity contribution in [2.24, 2.45) is 0 Å². The van der Waals surface area contributed by atoms with Gasteiger partial charge in [0.2, 0.25) is 0 Å². The Labute approximate surface area is 211 Å². The minimum atomic E-state index is 1.06. The van der Waals surface area contributed by atoms with Crippen LogP contribution in [0.1, 0.15) is 0 Å². The lowest BCUT2D eigenvalue weighted by atomic mass is 10.0. The quantitative estimate of drug-likeness (QED) is 0.267. The van der Waals surface area contributed by atoms with E-state index in [0.717, 1.165) is 44.8 Å². The van der Waals surface area contributed by atoms with Crippen molar-refractivity contribution in [1.82, 2.24) is 4.98 Å². The summed E-state index contributed by atoms with van der Waals surface area (Å²) in [7, 11) is 0. The molecule has 3 heteroatoms. The first-order valence-electron chi connectivity index (χ1n) is 12.1. The fourth-order valence-corrected chi connectivity index (χ4v) is 4.55. The molecular weight excluding hydrogens is 438 g/mol. The molecule has 6 aromatic rings. The van der Waals surface area contributed by atoms with Gasteiger partial charge in [-0.25, -0.2) is 0 Å². The molecule has 0 saturated heterocycles. The van der Waals surface area contributed by atoms with Crippen LogP contribution in [0.3, 0.4) is 0 Å². The molecule has 0 aliphatic heterocycles. The highest BCUT2D eigenvalue weighted by Crippen LogP contribution is 2.41. The molecule has 0 unspecified atom stereocenters. The summed E-state index contributed by atoms with van der Waals surface area (Å²) in [6.07, 6.45) is 3.75. The minimum absolute atomic E-state index is 1.06. The van der Waals surface area contributed by atoms with Crippen LogP contribution in [-0.4, -0.2) is 4.98 Å². The Bertz CT molecular complexity index is 1590. The molecule has 1 aromatic heterocycles. The van der Waals surface area contributed by atoms with Crippen molar-refractivity contribution in [3.05, 3.63) is 146 Å². The molecule has 0 saturated carbocycles. The summed E-state index contributed by atoms with van der Waals surface area (Å²) in [5.74, 6) is 0. The predicted octanol–water partition coefficient (Wildman–Crippen LogP) is 9.12.